The fraction of sp³-hybridized carbons (Fsp3) is 0.353. The average Bonchev–Trinajstić information content (AvgIpc) is 2.95. The molecule has 0 aliphatic heterocycles. The standard InChI is InChI=1S/C17H22N4O3S/c1-17(2,3)15(23)21-16-19-10(9-25-16)7-14(22)20-13-8-11(24-4)5-6-12(13)18/h5-6,8-9H,7,18H2,1-4H3,(H,20,22)(H,19,21,23). The molecule has 2 aromatic rings. The van der Waals surface area contributed by atoms with Crippen molar-refractivity contribution in [2.75, 3.05) is 23.5 Å². The summed E-state index contributed by atoms with van der Waals surface area (Å²) in [6.07, 6.45) is 0.0819. The van der Waals surface area contributed by atoms with E-state index in [0.717, 1.165) is 0 Å². The second kappa shape index (κ2) is 7.52. The molecule has 2 rings (SSSR count). The number of ether oxygens (including phenoxy) is 1. The molecule has 0 radical (unpaired) electrons. The highest BCUT2D eigenvalue weighted by molar-refractivity contribution is 7.13. The molecule has 0 saturated heterocycles. The van der Waals surface area contributed by atoms with E-state index in [2.05, 4.69) is 15.6 Å². The molecule has 2 amide bonds. The summed E-state index contributed by atoms with van der Waals surface area (Å²) in [6.45, 7) is 5.47. The van der Waals surface area contributed by atoms with E-state index in [4.69, 9.17) is 10.5 Å². The predicted molar refractivity (Wildman–Crippen MR) is 99.9 cm³/mol. The second-order valence-corrected chi connectivity index (χ2v) is 7.38. The van der Waals surface area contributed by atoms with Crippen LogP contribution in [-0.4, -0.2) is 23.9 Å². The molecule has 0 fully saturated rings. The van der Waals surface area contributed by atoms with Gasteiger partial charge in [-0.2, -0.15) is 0 Å². The van der Waals surface area contributed by atoms with Crippen LogP contribution in [0.2, 0.25) is 0 Å². The van der Waals surface area contributed by atoms with Crippen molar-refractivity contribution in [3.8, 4) is 5.75 Å². The van der Waals surface area contributed by atoms with Gasteiger partial charge in [0.15, 0.2) is 5.13 Å². The predicted octanol–water partition coefficient (Wildman–Crippen LogP) is 2.90. The Morgan fingerprint density at radius 1 is 1.28 bits per heavy atom. The molecule has 1 heterocycles. The number of thiazole rings is 1. The molecule has 1 aromatic carbocycles. The highest BCUT2D eigenvalue weighted by Gasteiger charge is 2.22. The summed E-state index contributed by atoms with van der Waals surface area (Å²) in [7, 11) is 1.54. The van der Waals surface area contributed by atoms with Crippen LogP contribution in [-0.2, 0) is 16.0 Å². The van der Waals surface area contributed by atoms with Crippen LogP contribution in [0.25, 0.3) is 0 Å². The number of methoxy groups -OCH3 is 1. The molecule has 1 aromatic heterocycles. The number of benzene rings is 1. The number of carbonyl (C=O) groups is 2. The minimum Gasteiger partial charge on any atom is -0.497 e. The Kier molecular flexibility index (Phi) is 5.63. The lowest BCUT2D eigenvalue weighted by Crippen LogP contribution is -2.27. The lowest BCUT2D eigenvalue weighted by atomic mass is 9.96. The Labute approximate surface area is 150 Å². The van der Waals surface area contributed by atoms with Gasteiger partial charge in [0.05, 0.1) is 30.6 Å². The maximum Gasteiger partial charge on any atom is 0.231 e. The highest BCUT2D eigenvalue weighted by atomic mass is 32.1. The summed E-state index contributed by atoms with van der Waals surface area (Å²) < 4.78 is 5.12. The number of hydrogen-bond donors (Lipinski definition) is 3. The topological polar surface area (TPSA) is 106 Å². The van der Waals surface area contributed by atoms with Gasteiger partial charge in [-0.05, 0) is 12.1 Å². The molecule has 8 heteroatoms. The molecule has 0 saturated carbocycles. The third-order valence-corrected chi connectivity index (χ3v) is 4.14. The van der Waals surface area contributed by atoms with Gasteiger partial charge in [-0.1, -0.05) is 20.8 Å². The zero-order chi connectivity index (χ0) is 18.6. The molecule has 134 valence electrons. The first kappa shape index (κ1) is 18.7. The van der Waals surface area contributed by atoms with Gasteiger partial charge in [-0.25, -0.2) is 4.98 Å². The molecular weight excluding hydrogens is 340 g/mol. The SMILES string of the molecule is COc1ccc(N)c(NC(=O)Cc2csc(NC(=O)C(C)(C)C)n2)c1. The summed E-state index contributed by atoms with van der Waals surface area (Å²) >= 11 is 1.28. The van der Waals surface area contributed by atoms with Crippen LogP contribution in [0.15, 0.2) is 23.6 Å². The second-order valence-electron chi connectivity index (χ2n) is 6.53. The van der Waals surface area contributed by atoms with Crippen LogP contribution < -0.4 is 21.1 Å². The van der Waals surface area contributed by atoms with Crippen LogP contribution >= 0.6 is 11.3 Å². The summed E-state index contributed by atoms with van der Waals surface area (Å²) in [6, 6.07) is 5.04. The van der Waals surface area contributed by atoms with Crippen molar-refractivity contribution in [2.45, 2.75) is 27.2 Å². The summed E-state index contributed by atoms with van der Waals surface area (Å²) in [5.41, 5.74) is 6.86. The first-order chi connectivity index (χ1) is 11.7. The molecule has 0 aliphatic rings. The number of aromatic nitrogens is 1. The van der Waals surface area contributed by atoms with Gasteiger partial charge in [-0.15, -0.1) is 11.3 Å². The summed E-state index contributed by atoms with van der Waals surface area (Å²) in [4.78, 5) is 28.4. The molecule has 0 bridgehead atoms. The zero-order valence-electron chi connectivity index (χ0n) is 14.7. The maximum atomic E-state index is 12.2. The number of nitrogens with two attached hydrogens (primary N) is 1. The van der Waals surface area contributed by atoms with E-state index in [0.29, 0.717) is 27.9 Å². The Morgan fingerprint density at radius 2 is 2.00 bits per heavy atom. The summed E-state index contributed by atoms with van der Waals surface area (Å²) in [5, 5.41) is 7.71. The zero-order valence-corrected chi connectivity index (χ0v) is 15.5. The Bertz CT molecular complexity index is 780. The molecule has 4 N–H and O–H groups in total. The Balaban J connectivity index is 1.99. The number of rotatable bonds is 5. The smallest absolute Gasteiger partial charge is 0.231 e. The van der Waals surface area contributed by atoms with Gasteiger partial charge in [0.1, 0.15) is 5.75 Å². The number of anilines is 3. The first-order valence-corrected chi connectivity index (χ1v) is 8.56. The molecule has 7 nitrogen and oxygen atoms in total. The van der Waals surface area contributed by atoms with Crippen LogP contribution in [0, 0.1) is 5.41 Å². The van der Waals surface area contributed by atoms with Crippen molar-refractivity contribution in [1.82, 2.24) is 4.98 Å². The molecule has 0 atom stereocenters. The number of nitrogens with one attached hydrogen (secondary N) is 2. The van der Waals surface area contributed by atoms with Crippen molar-refractivity contribution in [2.24, 2.45) is 5.41 Å². The number of amides is 2. The molecule has 0 aliphatic carbocycles. The Hall–Kier alpha value is -2.61. The normalized spacial score (nSPS) is 11.0. The van der Waals surface area contributed by atoms with Gasteiger partial charge >= 0.3 is 0 Å². The van der Waals surface area contributed by atoms with E-state index in [1.54, 1.807) is 30.7 Å². The lowest BCUT2D eigenvalue weighted by molar-refractivity contribution is -0.123. The number of hydrogen-bond acceptors (Lipinski definition) is 6. The number of carbonyl (C=O) groups excluding carboxylic acids is 2. The van der Waals surface area contributed by atoms with Crippen molar-refractivity contribution in [3.63, 3.8) is 0 Å². The minimum absolute atomic E-state index is 0.0819. The first-order valence-electron chi connectivity index (χ1n) is 7.68. The van der Waals surface area contributed by atoms with Crippen molar-refractivity contribution in [3.05, 3.63) is 29.3 Å². The fourth-order valence-corrected chi connectivity index (χ4v) is 2.57. The highest BCUT2D eigenvalue weighted by Crippen LogP contribution is 2.25. The van der Waals surface area contributed by atoms with Crippen molar-refractivity contribution in [1.29, 1.82) is 0 Å². The van der Waals surface area contributed by atoms with E-state index in [9.17, 15) is 9.59 Å². The molecular formula is C17H22N4O3S. The van der Waals surface area contributed by atoms with E-state index in [1.807, 2.05) is 20.8 Å². The maximum absolute atomic E-state index is 12.2. The van der Waals surface area contributed by atoms with E-state index in [-0.39, 0.29) is 18.2 Å². The van der Waals surface area contributed by atoms with Crippen LogP contribution in [0.3, 0.4) is 0 Å². The van der Waals surface area contributed by atoms with Crippen LogP contribution in [0.4, 0.5) is 16.5 Å². The van der Waals surface area contributed by atoms with Gasteiger partial charge in [0.25, 0.3) is 0 Å². The molecule has 0 unspecified atom stereocenters. The van der Waals surface area contributed by atoms with Crippen molar-refractivity contribution >= 4 is 39.7 Å². The van der Waals surface area contributed by atoms with Gasteiger partial charge < -0.3 is 21.1 Å². The van der Waals surface area contributed by atoms with Crippen LogP contribution in [0.5, 0.6) is 5.75 Å². The van der Waals surface area contributed by atoms with Gasteiger partial charge in [-0.3, -0.25) is 9.59 Å². The Morgan fingerprint density at radius 3 is 2.64 bits per heavy atom. The minimum atomic E-state index is -0.507. The monoisotopic (exact) mass is 362 g/mol. The third-order valence-electron chi connectivity index (χ3n) is 3.33. The van der Waals surface area contributed by atoms with E-state index in [1.165, 1.54) is 11.3 Å². The fourth-order valence-electron chi connectivity index (χ4n) is 1.86. The quantitative estimate of drug-likeness (QED) is 0.709. The van der Waals surface area contributed by atoms with Gasteiger partial charge in [0, 0.05) is 16.9 Å². The number of nitrogen functional groups attached to an aromatic ring is 1. The lowest BCUT2D eigenvalue weighted by Gasteiger charge is -2.15. The largest absolute Gasteiger partial charge is 0.497 e. The molecule has 25 heavy (non-hydrogen) atoms. The van der Waals surface area contributed by atoms with Crippen LogP contribution in [0.1, 0.15) is 26.5 Å². The molecule has 0 spiro atoms. The van der Waals surface area contributed by atoms with E-state index < -0.39 is 5.41 Å². The van der Waals surface area contributed by atoms with Crippen molar-refractivity contribution < 1.29 is 14.3 Å². The van der Waals surface area contributed by atoms with E-state index >= 15 is 0 Å². The van der Waals surface area contributed by atoms with Gasteiger partial charge in [0.2, 0.25) is 11.8 Å². The summed E-state index contributed by atoms with van der Waals surface area (Å²) in [5.74, 6) is 0.228. The third kappa shape index (κ3) is 5.18. The average molecular weight is 362 g/mol. The number of nitrogens with zero attached hydrogens (tertiary/aromatic N) is 1.